The first-order chi connectivity index (χ1) is 11.7. The molecule has 0 fully saturated rings. The summed E-state index contributed by atoms with van der Waals surface area (Å²) in [4.78, 5) is 14.4. The third kappa shape index (κ3) is 2.49. The van der Waals surface area contributed by atoms with Gasteiger partial charge in [0.1, 0.15) is 5.82 Å². The van der Waals surface area contributed by atoms with Crippen molar-refractivity contribution in [2.45, 2.75) is 26.3 Å². The standard InChI is InChI=1S/C19H17BrN4/c1-3-12(2)24-18(13-8-10-14(20)11-9-13)23-17-19(24)22-16-7-5-4-6-15(16)21-17/h4-12H,3H2,1-2H3. The van der Waals surface area contributed by atoms with E-state index in [2.05, 4.69) is 46.5 Å². The number of hydrogen-bond acceptors (Lipinski definition) is 3. The van der Waals surface area contributed by atoms with E-state index < -0.39 is 0 Å². The van der Waals surface area contributed by atoms with Crippen molar-refractivity contribution < 1.29 is 0 Å². The minimum Gasteiger partial charge on any atom is -0.304 e. The SMILES string of the molecule is CCC(C)n1c(-c2ccc(Br)cc2)nc2nc3ccccc3nc21. The number of fused-ring (bicyclic) bond motifs is 2. The molecule has 0 saturated carbocycles. The number of halogens is 1. The molecule has 2 heterocycles. The zero-order valence-electron chi connectivity index (χ0n) is 13.6. The van der Waals surface area contributed by atoms with Gasteiger partial charge in [-0.25, -0.2) is 15.0 Å². The first-order valence-corrected chi connectivity index (χ1v) is 8.87. The summed E-state index contributed by atoms with van der Waals surface area (Å²) in [6, 6.07) is 16.4. The van der Waals surface area contributed by atoms with E-state index in [-0.39, 0.29) is 0 Å². The zero-order valence-corrected chi connectivity index (χ0v) is 15.2. The second-order valence-electron chi connectivity index (χ2n) is 5.93. The van der Waals surface area contributed by atoms with Crippen LogP contribution in [0.15, 0.2) is 53.0 Å². The predicted molar refractivity (Wildman–Crippen MR) is 101 cm³/mol. The number of imidazole rings is 1. The van der Waals surface area contributed by atoms with Crippen LogP contribution in [0.2, 0.25) is 0 Å². The van der Waals surface area contributed by atoms with E-state index in [9.17, 15) is 0 Å². The average Bonchev–Trinajstić information content (AvgIpc) is 2.98. The van der Waals surface area contributed by atoms with Crippen LogP contribution < -0.4 is 0 Å². The summed E-state index contributed by atoms with van der Waals surface area (Å²) in [6.07, 6.45) is 1.00. The summed E-state index contributed by atoms with van der Waals surface area (Å²) < 4.78 is 3.26. The maximum Gasteiger partial charge on any atom is 0.198 e. The quantitative estimate of drug-likeness (QED) is 0.479. The van der Waals surface area contributed by atoms with Gasteiger partial charge in [0.2, 0.25) is 0 Å². The van der Waals surface area contributed by atoms with Gasteiger partial charge in [0.25, 0.3) is 0 Å². The van der Waals surface area contributed by atoms with Crippen molar-refractivity contribution in [3.05, 3.63) is 53.0 Å². The van der Waals surface area contributed by atoms with Gasteiger partial charge in [0.05, 0.1) is 11.0 Å². The van der Waals surface area contributed by atoms with E-state index in [1.54, 1.807) is 0 Å². The van der Waals surface area contributed by atoms with Gasteiger partial charge in [0.15, 0.2) is 11.3 Å². The van der Waals surface area contributed by atoms with Gasteiger partial charge in [-0.05, 0) is 37.6 Å². The highest BCUT2D eigenvalue weighted by Crippen LogP contribution is 2.29. The molecule has 0 aliphatic rings. The van der Waals surface area contributed by atoms with Crippen LogP contribution in [0.1, 0.15) is 26.3 Å². The molecule has 120 valence electrons. The molecule has 0 N–H and O–H groups in total. The normalized spacial score (nSPS) is 12.8. The lowest BCUT2D eigenvalue weighted by atomic mass is 10.2. The second-order valence-corrected chi connectivity index (χ2v) is 6.84. The number of para-hydroxylation sites is 2. The van der Waals surface area contributed by atoms with E-state index in [1.807, 2.05) is 36.4 Å². The third-order valence-electron chi connectivity index (χ3n) is 4.34. The number of nitrogens with zero attached hydrogens (tertiary/aromatic N) is 4. The van der Waals surface area contributed by atoms with Crippen LogP contribution in [-0.2, 0) is 0 Å². The largest absolute Gasteiger partial charge is 0.304 e. The molecule has 0 spiro atoms. The molecule has 2 aromatic heterocycles. The first kappa shape index (κ1) is 15.3. The summed E-state index contributed by atoms with van der Waals surface area (Å²) >= 11 is 3.49. The van der Waals surface area contributed by atoms with Crippen LogP contribution in [0.25, 0.3) is 33.7 Å². The molecule has 0 aliphatic carbocycles. The highest BCUT2D eigenvalue weighted by Gasteiger charge is 2.19. The van der Waals surface area contributed by atoms with Crippen LogP contribution in [0, 0.1) is 0 Å². The predicted octanol–water partition coefficient (Wildman–Crippen LogP) is 5.38. The van der Waals surface area contributed by atoms with Gasteiger partial charge in [-0.15, -0.1) is 0 Å². The minimum atomic E-state index is 0.295. The highest BCUT2D eigenvalue weighted by molar-refractivity contribution is 9.10. The fraction of sp³-hybridized carbons (Fsp3) is 0.211. The van der Waals surface area contributed by atoms with Crippen LogP contribution in [0.5, 0.6) is 0 Å². The van der Waals surface area contributed by atoms with Gasteiger partial charge < -0.3 is 4.57 Å². The first-order valence-electron chi connectivity index (χ1n) is 8.08. The van der Waals surface area contributed by atoms with Crippen molar-refractivity contribution in [1.29, 1.82) is 0 Å². The summed E-state index contributed by atoms with van der Waals surface area (Å²) in [5.41, 5.74) is 4.40. The third-order valence-corrected chi connectivity index (χ3v) is 4.87. The summed E-state index contributed by atoms with van der Waals surface area (Å²) in [7, 11) is 0. The van der Waals surface area contributed by atoms with Gasteiger partial charge in [-0.2, -0.15) is 0 Å². The van der Waals surface area contributed by atoms with E-state index in [4.69, 9.17) is 15.0 Å². The van der Waals surface area contributed by atoms with E-state index in [0.29, 0.717) is 11.7 Å². The molecule has 0 saturated heterocycles. The lowest BCUT2D eigenvalue weighted by Gasteiger charge is -2.15. The second kappa shape index (κ2) is 5.98. The molecule has 1 atom stereocenters. The number of benzene rings is 2. The molecule has 0 bridgehead atoms. The lowest BCUT2D eigenvalue weighted by Crippen LogP contribution is -2.07. The zero-order chi connectivity index (χ0) is 16.7. The van der Waals surface area contributed by atoms with Crippen molar-refractivity contribution in [2.75, 3.05) is 0 Å². The number of hydrogen-bond donors (Lipinski definition) is 0. The van der Waals surface area contributed by atoms with Crippen LogP contribution in [-0.4, -0.2) is 19.5 Å². The van der Waals surface area contributed by atoms with Crippen molar-refractivity contribution >= 4 is 38.3 Å². The molecule has 2 aromatic carbocycles. The molecule has 0 aliphatic heterocycles. The Bertz CT molecular complexity index is 1020. The summed E-state index contributed by atoms with van der Waals surface area (Å²) in [6.45, 7) is 4.37. The van der Waals surface area contributed by atoms with Gasteiger partial charge >= 0.3 is 0 Å². The molecule has 4 aromatic rings. The van der Waals surface area contributed by atoms with Crippen LogP contribution in [0.3, 0.4) is 0 Å². The van der Waals surface area contributed by atoms with Crippen LogP contribution >= 0.6 is 15.9 Å². The maximum absolute atomic E-state index is 4.84. The Morgan fingerprint density at radius 2 is 1.62 bits per heavy atom. The maximum atomic E-state index is 4.84. The fourth-order valence-electron chi connectivity index (χ4n) is 2.88. The van der Waals surface area contributed by atoms with Crippen molar-refractivity contribution in [3.63, 3.8) is 0 Å². The van der Waals surface area contributed by atoms with Crippen molar-refractivity contribution in [1.82, 2.24) is 19.5 Å². The Morgan fingerprint density at radius 3 is 2.29 bits per heavy atom. The Kier molecular flexibility index (Phi) is 3.81. The summed E-state index contributed by atoms with van der Waals surface area (Å²) in [5.74, 6) is 0.919. The highest BCUT2D eigenvalue weighted by atomic mass is 79.9. The smallest absolute Gasteiger partial charge is 0.198 e. The van der Waals surface area contributed by atoms with Crippen molar-refractivity contribution in [2.24, 2.45) is 0 Å². The minimum absolute atomic E-state index is 0.295. The number of rotatable bonds is 3. The van der Waals surface area contributed by atoms with Gasteiger partial charge in [-0.3, -0.25) is 0 Å². The van der Waals surface area contributed by atoms with Gasteiger partial charge in [0, 0.05) is 16.1 Å². The monoisotopic (exact) mass is 380 g/mol. The van der Waals surface area contributed by atoms with E-state index >= 15 is 0 Å². The average molecular weight is 381 g/mol. The molecular weight excluding hydrogens is 364 g/mol. The Morgan fingerprint density at radius 1 is 0.958 bits per heavy atom. The molecule has 24 heavy (non-hydrogen) atoms. The molecular formula is C19H17BrN4. The van der Waals surface area contributed by atoms with E-state index in [1.165, 1.54) is 0 Å². The molecule has 4 nitrogen and oxygen atoms in total. The lowest BCUT2D eigenvalue weighted by molar-refractivity contribution is 0.547. The number of aromatic nitrogens is 4. The molecule has 4 rings (SSSR count). The summed E-state index contributed by atoms with van der Waals surface area (Å²) in [5, 5.41) is 0. The molecule has 0 amide bonds. The molecule has 1 unspecified atom stereocenters. The van der Waals surface area contributed by atoms with E-state index in [0.717, 1.165) is 39.0 Å². The topological polar surface area (TPSA) is 43.6 Å². The Balaban J connectivity index is 2.04. The van der Waals surface area contributed by atoms with Crippen molar-refractivity contribution in [3.8, 4) is 11.4 Å². The van der Waals surface area contributed by atoms with Gasteiger partial charge in [-0.1, -0.05) is 47.1 Å². The Hall–Kier alpha value is -2.27. The molecule has 0 radical (unpaired) electrons. The molecule has 5 heteroatoms. The fourth-order valence-corrected chi connectivity index (χ4v) is 3.14. The van der Waals surface area contributed by atoms with Crippen LogP contribution in [0.4, 0.5) is 0 Å². The Labute approximate surface area is 148 Å².